The van der Waals surface area contributed by atoms with Crippen molar-refractivity contribution in [1.29, 1.82) is 0 Å². The summed E-state index contributed by atoms with van der Waals surface area (Å²) in [5.41, 5.74) is 0.655. The van der Waals surface area contributed by atoms with Gasteiger partial charge in [-0.2, -0.15) is 0 Å². The second kappa shape index (κ2) is 4.69. The summed E-state index contributed by atoms with van der Waals surface area (Å²) in [6.07, 6.45) is 0. The molecule has 4 heteroatoms. The second-order valence-electron chi connectivity index (χ2n) is 5.91. The molecule has 2 saturated heterocycles. The Bertz CT molecular complexity index is 457. The molecule has 0 amide bonds. The molecule has 1 aromatic rings. The van der Waals surface area contributed by atoms with Crippen LogP contribution in [0.4, 0.5) is 0 Å². The third-order valence-electron chi connectivity index (χ3n) is 4.96. The van der Waals surface area contributed by atoms with Gasteiger partial charge in [-0.1, -0.05) is 6.07 Å². The summed E-state index contributed by atoms with van der Waals surface area (Å²) >= 11 is 0. The summed E-state index contributed by atoms with van der Waals surface area (Å²) in [5.74, 6) is 1.77. The number of aromatic hydroxyl groups is 2. The summed E-state index contributed by atoms with van der Waals surface area (Å²) in [6, 6.07) is 5.49. The maximum atomic E-state index is 10.0. The fourth-order valence-corrected chi connectivity index (χ4v) is 3.85. The molecule has 4 nitrogen and oxygen atoms in total. The number of likely N-dealkylation sites (tertiary alicyclic amines) is 1. The van der Waals surface area contributed by atoms with E-state index in [9.17, 15) is 10.2 Å². The number of phenolic OH excluding ortho intramolecular Hbond substituents is 2. The Morgan fingerprint density at radius 3 is 2.58 bits per heavy atom. The zero-order chi connectivity index (χ0) is 13.6. The summed E-state index contributed by atoms with van der Waals surface area (Å²) in [5, 5.41) is 23.5. The number of phenols is 2. The Kier molecular flexibility index (Phi) is 3.15. The highest BCUT2D eigenvalue weighted by atomic mass is 16.3. The van der Waals surface area contributed by atoms with E-state index >= 15 is 0 Å². The molecular weight excluding hydrogens is 240 g/mol. The largest absolute Gasteiger partial charge is 0.507 e. The molecule has 2 aliphatic rings. The number of fused-ring (bicyclic) bond motifs is 1. The molecule has 0 saturated carbocycles. The number of hydrogen-bond acceptors (Lipinski definition) is 4. The predicted octanol–water partition coefficient (Wildman–Crippen LogP) is 1.70. The minimum Gasteiger partial charge on any atom is -0.507 e. The van der Waals surface area contributed by atoms with Gasteiger partial charge in [0.15, 0.2) is 0 Å². The van der Waals surface area contributed by atoms with Gasteiger partial charge in [0.05, 0.1) is 5.56 Å². The van der Waals surface area contributed by atoms with Crippen LogP contribution in [0, 0.1) is 11.8 Å². The predicted molar refractivity (Wildman–Crippen MR) is 74.2 cm³/mol. The lowest BCUT2D eigenvalue weighted by Gasteiger charge is -2.31. The lowest BCUT2D eigenvalue weighted by atomic mass is 9.95. The molecule has 0 bridgehead atoms. The second-order valence-corrected chi connectivity index (χ2v) is 5.91. The van der Waals surface area contributed by atoms with Gasteiger partial charge in [-0.25, -0.2) is 0 Å². The molecule has 19 heavy (non-hydrogen) atoms. The summed E-state index contributed by atoms with van der Waals surface area (Å²) in [4.78, 5) is 2.41. The monoisotopic (exact) mass is 262 g/mol. The standard InChI is InChI=1S/C15H22N2O2/c1-9-12-7-16-6-11(12)8-17(9)10(2)15-13(18)4-3-5-14(15)19/h3-5,9-12,16,18-19H,6-8H2,1-2H3. The molecule has 104 valence electrons. The van der Waals surface area contributed by atoms with Crippen LogP contribution in [0.25, 0.3) is 0 Å². The van der Waals surface area contributed by atoms with Crippen LogP contribution in [0.1, 0.15) is 25.5 Å². The van der Waals surface area contributed by atoms with E-state index in [2.05, 4.69) is 24.1 Å². The summed E-state index contributed by atoms with van der Waals surface area (Å²) in [6.45, 7) is 7.53. The first-order valence-electron chi connectivity index (χ1n) is 7.07. The molecule has 3 rings (SSSR count). The highest BCUT2D eigenvalue weighted by Crippen LogP contribution is 2.42. The molecule has 1 aromatic carbocycles. The van der Waals surface area contributed by atoms with Crippen LogP contribution in [-0.2, 0) is 0 Å². The van der Waals surface area contributed by atoms with Crippen molar-refractivity contribution in [2.45, 2.75) is 25.9 Å². The third-order valence-corrected chi connectivity index (χ3v) is 4.96. The molecular formula is C15H22N2O2. The minimum atomic E-state index is 0.0433. The fraction of sp³-hybridized carbons (Fsp3) is 0.600. The lowest BCUT2D eigenvalue weighted by molar-refractivity contribution is 0.177. The first kappa shape index (κ1) is 12.8. The van der Waals surface area contributed by atoms with E-state index in [0.717, 1.165) is 19.6 Å². The summed E-state index contributed by atoms with van der Waals surface area (Å²) < 4.78 is 0. The van der Waals surface area contributed by atoms with Gasteiger partial charge in [-0.15, -0.1) is 0 Å². The molecule has 2 fully saturated rings. The maximum Gasteiger partial charge on any atom is 0.124 e. The molecule has 2 aliphatic heterocycles. The topological polar surface area (TPSA) is 55.7 Å². The van der Waals surface area contributed by atoms with Crippen molar-refractivity contribution in [3.63, 3.8) is 0 Å². The molecule has 3 N–H and O–H groups in total. The number of hydrogen-bond donors (Lipinski definition) is 3. The van der Waals surface area contributed by atoms with E-state index in [0.29, 0.717) is 23.4 Å². The molecule has 0 radical (unpaired) electrons. The first-order chi connectivity index (χ1) is 9.09. The third kappa shape index (κ3) is 1.99. The van der Waals surface area contributed by atoms with Crippen molar-refractivity contribution in [3.8, 4) is 11.5 Å². The molecule has 4 unspecified atom stereocenters. The fourth-order valence-electron chi connectivity index (χ4n) is 3.85. The molecule has 4 atom stereocenters. The Balaban J connectivity index is 1.87. The molecule has 0 spiro atoms. The van der Waals surface area contributed by atoms with E-state index in [1.807, 2.05) is 0 Å². The van der Waals surface area contributed by atoms with Crippen molar-refractivity contribution < 1.29 is 10.2 Å². The van der Waals surface area contributed by atoms with Crippen LogP contribution in [0.5, 0.6) is 11.5 Å². The Hall–Kier alpha value is -1.26. The van der Waals surface area contributed by atoms with Gasteiger partial charge in [0.25, 0.3) is 0 Å². The van der Waals surface area contributed by atoms with E-state index in [-0.39, 0.29) is 17.5 Å². The average Bonchev–Trinajstić information content (AvgIpc) is 2.92. The van der Waals surface area contributed by atoms with Gasteiger partial charge in [0.2, 0.25) is 0 Å². The van der Waals surface area contributed by atoms with Crippen LogP contribution in [0.2, 0.25) is 0 Å². The Labute approximate surface area is 114 Å². The van der Waals surface area contributed by atoms with Crippen molar-refractivity contribution in [2.75, 3.05) is 19.6 Å². The SMILES string of the molecule is CC(c1c(O)cccc1O)N1CC2CNCC2C1C. The number of rotatable bonds is 2. The van der Waals surface area contributed by atoms with Crippen molar-refractivity contribution in [1.82, 2.24) is 10.2 Å². The normalized spacial score (nSPS) is 32.4. The van der Waals surface area contributed by atoms with E-state index < -0.39 is 0 Å². The first-order valence-corrected chi connectivity index (χ1v) is 7.07. The quantitative estimate of drug-likeness (QED) is 0.759. The Morgan fingerprint density at radius 2 is 1.95 bits per heavy atom. The van der Waals surface area contributed by atoms with E-state index in [1.54, 1.807) is 18.2 Å². The zero-order valence-electron chi connectivity index (χ0n) is 11.5. The smallest absolute Gasteiger partial charge is 0.124 e. The van der Waals surface area contributed by atoms with Gasteiger partial charge < -0.3 is 15.5 Å². The van der Waals surface area contributed by atoms with Crippen LogP contribution < -0.4 is 5.32 Å². The minimum absolute atomic E-state index is 0.0433. The van der Waals surface area contributed by atoms with Gasteiger partial charge in [-0.05, 0) is 50.9 Å². The van der Waals surface area contributed by atoms with E-state index in [4.69, 9.17) is 0 Å². The maximum absolute atomic E-state index is 10.0. The lowest BCUT2D eigenvalue weighted by Crippen LogP contribution is -2.35. The average molecular weight is 262 g/mol. The van der Waals surface area contributed by atoms with Gasteiger partial charge >= 0.3 is 0 Å². The Morgan fingerprint density at radius 1 is 1.26 bits per heavy atom. The van der Waals surface area contributed by atoms with Crippen molar-refractivity contribution >= 4 is 0 Å². The van der Waals surface area contributed by atoms with Gasteiger partial charge in [-0.3, -0.25) is 4.90 Å². The summed E-state index contributed by atoms with van der Waals surface area (Å²) in [7, 11) is 0. The van der Waals surface area contributed by atoms with E-state index in [1.165, 1.54) is 0 Å². The van der Waals surface area contributed by atoms with Crippen LogP contribution in [0.3, 0.4) is 0 Å². The highest BCUT2D eigenvalue weighted by Gasteiger charge is 2.44. The van der Waals surface area contributed by atoms with Crippen LogP contribution in [0.15, 0.2) is 18.2 Å². The molecule has 0 aliphatic carbocycles. The van der Waals surface area contributed by atoms with Crippen LogP contribution >= 0.6 is 0 Å². The highest BCUT2D eigenvalue weighted by molar-refractivity contribution is 5.45. The zero-order valence-corrected chi connectivity index (χ0v) is 11.5. The number of benzene rings is 1. The van der Waals surface area contributed by atoms with Crippen molar-refractivity contribution in [3.05, 3.63) is 23.8 Å². The van der Waals surface area contributed by atoms with Gasteiger partial charge in [0.1, 0.15) is 11.5 Å². The van der Waals surface area contributed by atoms with Gasteiger partial charge in [0, 0.05) is 18.6 Å². The molecule has 0 aromatic heterocycles. The number of nitrogens with one attached hydrogen (secondary N) is 1. The van der Waals surface area contributed by atoms with Crippen molar-refractivity contribution in [2.24, 2.45) is 11.8 Å². The molecule has 2 heterocycles. The van der Waals surface area contributed by atoms with Crippen LogP contribution in [-0.4, -0.2) is 40.8 Å². The number of nitrogens with zero attached hydrogens (tertiary/aromatic N) is 1.